The van der Waals surface area contributed by atoms with E-state index >= 15 is 0 Å². The van der Waals surface area contributed by atoms with E-state index in [1.54, 1.807) is 12.1 Å². The van der Waals surface area contributed by atoms with Crippen LogP contribution in [0.1, 0.15) is 0 Å². The number of ether oxygens (including phenoxy) is 2. The van der Waals surface area contributed by atoms with E-state index in [1.165, 1.54) is 6.07 Å². The van der Waals surface area contributed by atoms with E-state index in [9.17, 15) is 10.1 Å². The fourth-order valence-corrected chi connectivity index (χ4v) is 2.04. The molecule has 92 valence electrons. The van der Waals surface area contributed by atoms with Gasteiger partial charge >= 0.3 is 5.69 Å². The van der Waals surface area contributed by atoms with Gasteiger partial charge in [0.05, 0.1) is 4.92 Å². The Morgan fingerprint density at radius 1 is 1.29 bits per heavy atom. The van der Waals surface area contributed by atoms with Crippen LogP contribution >= 0.6 is 12.4 Å². The summed E-state index contributed by atoms with van der Waals surface area (Å²) in [5.41, 5.74) is -0.0390. The summed E-state index contributed by atoms with van der Waals surface area (Å²) in [5, 5.41) is 13.9. The van der Waals surface area contributed by atoms with Gasteiger partial charge in [0.1, 0.15) is 12.2 Å². The van der Waals surface area contributed by atoms with Crippen LogP contribution in [0.2, 0.25) is 0 Å². The van der Waals surface area contributed by atoms with E-state index in [2.05, 4.69) is 5.32 Å². The summed E-state index contributed by atoms with van der Waals surface area (Å²) in [6.45, 7) is 1.38. The summed E-state index contributed by atoms with van der Waals surface area (Å²) in [7, 11) is 0. The average molecular weight is 259 g/mol. The highest BCUT2D eigenvalue weighted by atomic mass is 35.5. The van der Waals surface area contributed by atoms with Crippen molar-refractivity contribution in [3.63, 3.8) is 0 Å². The summed E-state index contributed by atoms with van der Waals surface area (Å²) >= 11 is 0. The summed E-state index contributed by atoms with van der Waals surface area (Å²) in [6, 6.07) is 4.71. The van der Waals surface area contributed by atoms with Crippen LogP contribution in [0.15, 0.2) is 18.2 Å². The van der Waals surface area contributed by atoms with Crippen LogP contribution in [-0.2, 0) is 0 Å². The summed E-state index contributed by atoms with van der Waals surface area (Å²) in [4.78, 5) is 10.4. The minimum absolute atomic E-state index is 0. The smallest absolute Gasteiger partial charge is 0.314 e. The third kappa shape index (κ3) is 1.89. The van der Waals surface area contributed by atoms with Crippen LogP contribution in [-0.4, -0.2) is 30.2 Å². The zero-order valence-corrected chi connectivity index (χ0v) is 9.61. The van der Waals surface area contributed by atoms with Crippen molar-refractivity contribution in [2.45, 2.75) is 12.2 Å². The van der Waals surface area contributed by atoms with Crippen LogP contribution in [0.5, 0.6) is 11.5 Å². The first kappa shape index (κ1) is 11.9. The molecular formula is C10H11ClN2O4. The monoisotopic (exact) mass is 258 g/mol. The van der Waals surface area contributed by atoms with Gasteiger partial charge in [0.15, 0.2) is 5.75 Å². The number of fused-ring (bicyclic) bond motifs is 2. The van der Waals surface area contributed by atoms with Crippen LogP contribution in [0.3, 0.4) is 0 Å². The summed E-state index contributed by atoms with van der Waals surface area (Å²) in [6.07, 6.45) is -0.178. The minimum Gasteiger partial charge on any atom is -0.481 e. The summed E-state index contributed by atoms with van der Waals surface area (Å²) < 4.78 is 11.3. The number of para-hydroxylation sites is 1. The standard InChI is InChI=1S/C10H10N2O4.ClH/c13-12(14)6-2-1-3-7-10(6)16-9-5-11-4-8(9)15-7;/h1-3,8-9,11H,4-5H2;1H/t8-,9-;/m0./s1. The zero-order chi connectivity index (χ0) is 11.1. The Labute approximate surface area is 103 Å². The first-order valence-corrected chi connectivity index (χ1v) is 5.07. The molecule has 1 N–H and O–H groups in total. The molecule has 17 heavy (non-hydrogen) atoms. The molecule has 2 aliphatic rings. The number of hydrogen-bond donors (Lipinski definition) is 1. The molecule has 2 heterocycles. The molecule has 6 nitrogen and oxygen atoms in total. The second-order valence-corrected chi connectivity index (χ2v) is 3.83. The largest absolute Gasteiger partial charge is 0.481 e. The Balaban J connectivity index is 0.00000108. The molecule has 1 saturated heterocycles. The van der Waals surface area contributed by atoms with Crippen molar-refractivity contribution in [3.8, 4) is 11.5 Å². The van der Waals surface area contributed by atoms with Gasteiger partial charge in [0.2, 0.25) is 5.75 Å². The third-order valence-corrected chi connectivity index (χ3v) is 2.81. The second kappa shape index (κ2) is 4.38. The number of nitrogens with zero attached hydrogens (tertiary/aromatic N) is 1. The number of nitro groups is 1. The molecule has 0 amide bonds. The lowest BCUT2D eigenvalue weighted by atomic mass is 10.2. The Bertz CT molecular complexity index is 454. The van der Waals surface area contributed by atoms with E-state index in [0.29, 0.717) is 18.8 Å². The molecule has 1 aromatic rings. The van der Waals surface area contributed by atoms with E-state index in [4.69, 9.17) is 9.47 Å². The molecule has 0 unspecified atom stereocenters. The fourth-order valence-electron chi connectivity index (χ4n) is 2.04. The average Bonchev–Trinajstić information content (AvgIpc) is 2.71. The van der Waals surface area contributed by atoms with E-state index in [-0.39, 0.29) is 36.1 Å². The SMILES string of the molecule is Cl.O=[N+]([O-])c1cccc2c1O[C@H]1CNC[C@@H]1O2. The Morgan fingerprint density at radius 2 is 2.00 bits per heavy atom. The van der Waals surface area contributed by atoms with Crippen molar-refractivity contribution in [1.29, 1.82) is 0 Å². The highest BCUT2D eigenvalue weighted by Gasteiger charge is 2.38. The molecule has 0 saturated carbocycles. The molecule has 0 radical (unpaired) electrons. The Hall–Kier alpha value is -1.53. The highest BCUT2D eigenvalue weighted by Crippen LogP contribution is 2.41. The predicted octanol–water partition coefficient (Wildman–Crippen LogP) is 1.13. The third-order valence-electron chi connectivity index (χ3n) is 2.81. The molecule has 0 aromatic heterocycles. The van der Waals surface area contributed by atoms with Crippen molar-refractivity contribution in [1.82, 2.24) is 5.32 Å². The topological polar surface area (TPSA) is 73.6 Å². The van der Waals surface area contributed by atoms with Crippen LogP contribution in [0.4, 0.5) is 5.69 Å². The summed E-state index contributed by atoms with van der Waals surface area (Å²) in [5.74, 6) is 0.705. The van der Waals surface area contributed by atoms with Crippen molar-refractivity contribution < 1.29 is 14.4 Å². The number of halogens is 1. The lowest BCUT2D eigenvalue weighted by Gasteiger charge is -2.28. The number of hydrogen-bond acceptors (Lipinski definition) is 5. The number of nitro benzene ring substituents is 1. The molecule has 0 spiro atoms. The molecule has 0 bridgehead atoms. The quantitative estimate of drug-likeness (QED) is 0.604. The molecule has 1 aromatic carbocycles. The van der Waals surface area contributed by atoms with Crippen molar-refractivity contribution >= 4 is 18.1 Å². The van der Waals surface area contributed by atoms with Gasteiger partial charge in [-0.25, -0.2) is 0 Å². The Morgan fingerprint density at radius 3 is 2.71 bits per heavy atom. The van der Waals surface area contributed by atoms with E-state index in [1.807, 2.05) is 0 Å². The minimum atomic E-state index is -0.453. The molecule has 0 aliphatic carbocycles. The van der Waals surface area contributed by atoms with Gasteiger partial charge in [-0.2, -0.15) is 0 Å². The number of nitrogens with one attached hydrogen (secondary N) is 1. The molecule has 1 fully saturated rings. The molecular weight excluding hydrogens is 248 g/mol. The first-order chi connectivity index (χ1) is 7.75. The van der Waals surface area contributed by atoms with Gasteiger partial charge in [-0.1, -0.05) is 6.07 Å². The second-order valence-electron chi connectivity index (χ2n) is 3.83. The maximum atomic E-state index is 10.8. The maximum absolute atomic E-state index is 10.8. The normalized spacial score (nSPS) is 24.7. The van der Waals surface area contributed by atoms with Gasteiger partial charge in [-0.05, 0) is 6.07 Å². The molecule has 3 rings (SSSR count). The first-order valence-electron chi connectivity index (χ1n) is 5.07. The van der Waals surface area contributed by atoms with E-state index < -0.39 is 4.92 Å². The van der Waals surface area contributed by atoms with Crippen LogP contribution < -0.4 is 14.8 Å². The predicted molar refractivity (Wildman–Crippen MR) is 62.0 cm³/mol. The van der Waals surface area contributed by atoms with Gasteiger partial charge in [0.25, 0.3) is 0 Å². The fraction of sp³-hybridized carbons (Fsp3) is 0.400. The number of rotatable bonds is 1. The van der Waals surface area contributed by atoms with Crippen molar-refractivity contribution in [2.24, 2.45) is 0 Å². The van der Waals surface area contributed by atoms with Gasteiger partial charge in [0, 0.05) is 19.2 Å². The molecule has 2 atom stereocenters. The van der Waals surface area contributed by atoms with Crippen molar-refractivity contribution in [3.05, 3.63) is 28.3 Å². The molecule has 2 aliphatic heterocycles. The zero-order valence-electron chi connectivity index (χ0n) is 8.79. The van der Waals surface area contributed by atoms with Gasteiger partial charge in [-0.3, -0.25) is 10.1 Å². The lowest BCUT2D eigenvalue weighted by Crippen LogP contribution is -2.38. The molecule has 7 heteroatoms. The van der Waals surface area contributed by atoms with Gasteiger partial charge < -0.3 is 14.8 Å². The lowest BCUT2D eigenvalue weighted by molar-refractivity contribution is -0.386. The number of benzene rings is 1. The Kier molecular flexibility index (Phi) is 3.08. The van der Waals surface area contributed by atoms with Crippen LogP contribution in [0, 0.1) is 10.1 Å². The maximum Gasteiger partial charge on any atom is 0.314 e. The van der Waals surface area contributed by atoms with Crippen molar-refractivity contribution in [2.75, 3.05) is 13.1 Å². The van der Waals surface area contributed by atoms with E-state index in [0.717, 1.165) is 0 Å². The van der Waals surface area contributed by atoms with Crippen LogP contribution in [0.25, 0.3) is 0 Å². The highest BCUT2D eigenvalue weighted by molar-refractivity contribution is 5.85. The van der Waals surface area contributed by atoms with Gasteiger partial charge in [-0.15, -0.1) is 12.4 Å².